The third-order valence-electron chi connectivity index (χ3n) is 5.88. The highest BCUT2D eigenvalue weighted by atomic mass is 32.2. The van der Waals surface area contributed by atoms with Crippen molar-refractivity contribution in [3.63, 3.8) is 0 Å². The maximum Gasteiger partial charge on any atom is 0.433 e. The molecule has 0 spiro atoms. The molecule has 1 unspecified atom stereocenters. The summed E-state index contributed by atoms with van der Waals surface area (Å²) in [7, 11) is -2.95. The van der Waals surface area contributed by atoms with Crippen molar-refractivity contribution >= 4 is 33.2 Å². The summed E-state index contributed by atoms with van der Waals surface area (Å²) in [5, 5.41) is 3.84. The summed E-state index contributed by atoms with van der Waals surface area (Å²) in [6, 6.07) is 2.50. The number of likely N-dealkylation sites (tertiary alicyclic amines) is 2. The predicted octanol–water partition coefficient (Wildman–Crippen LogP) is 2.06. The number of rotatable bonds is 6. The molecule has 14 heteroatoms. The van der Waals surface area contributed by atoms with Crippen molar-refractivity contribution in [1.29, 1.82) is 0 Å². The lowest BCUT2D eigenvalue weighted by Gasteiger charge is -2.33. The molecule has 4 rings (SSSR count). The fraction of sp³-hybridized carbons (Fsp3) is 0.550. The minimum absolute atomic E-state index is 0.00150. The van der Waals surface area contributed by atoms with Gasteiger partial charge in [0.05, 0.1) is 11.4 Å². The number of hydrogen-bond donors (Lipinski definition) is 1. The maximum atomic E-state index is 13.0. The summed E-state index contributed by atoms with van der Waals surface area (Å²) >= 11 is 0.764. The van der Waals surface area contributed by atoms with Crippen LogP contribution in [0, 0.1) is 0 Å². The van der Waals surface area contributed by atoms with Gasteiger partial charge in [-0.3, -0.25) is 14.3 Å². The Labute approximate surface area is 198 Å². The molecule has 0 aliphatic carbocycles. The molecule has 2 aliphatic heterocycles. The number of alkyl halides is 3. The molecular formula is C20H24F3N5O4S2. The quantitative estimate of drug-likeness (QED) is 0.629. The number of nitrogens with one attached hydrogen (secondary N) is 1. The molecule has 186 valence electrons. The normalized spacial score (nSPS) is 19.8. The van der Waals surface area contributed by atoms with Crippen molar-refractivity contribution in [3.05, 3.63) is 23.9 Å². The lowest BCUT2D eigenvalue weighted by Crippen LogP contribution is -2.54. The molecule has 2 aromatic rings. The number of piperidine rings is 1. The Morgan fingerprint density at radius 2 is 1.91 bits per heavy atom. The van der Waals surface area contributed by atoms with Crippen molar-refractivity contribution in [1.82, 2.24) is 24.3 Å². The Morgan fingerprint density at radius 1 is 1.21 bits per heavy atom. The molecule has 2 amide bonds. The number of hydrogen-bond acceptors (Lipinski definition) is 6. The molecule has 9 nitrogen and oxygen atoms in total. The van der Waals surface area contributed by atoms with E-state index >= 15 is 0 Å². The second-order valence-corrected chi connectivity index (χ2v) is 11.3. The molecule has 0 saturated carbocycles. The third-order valence-corrected chi connectivity index (χ3v) is 8.95. The highest BCUT2D eigenvalue weighted by Crippen LogP contribution is 2.35. The summed E-state index contributed by atoms with van der Waals surface area (Å²) < 4.78 is 67.9. The molecular weight excluding hydrogens is 495 g/mol. The molecule has 0 bridgehead atoms. The first-order valence-electron chi connectivity index (χ1n) is 10.8. The van der Waals surface area contributed by atoms with E-state index in [0.29, 0.717) is 37.2 Å². The van der Waals surface area contributed by atoms with E-state index < -0.39 is 33.8 Å². The Balaban J connectivity index is 1.45. The zero-order valence-corrected chi connectivity index (χ0v) is 20.0. The fourth-order valence-electron chi connectivity index (χ4n) is 4.14. The van der Waals surface area contributed by atoms with Crippen molar-refractivity contribution in [2.45, 2.75) is 42.1 Å². The number of carbonyl (C=O) groups excluding carboxylic acids is 2. The van der Waals surface area contributed by atoms with Gasteiger partial charge in [0.2, 0.25) is 11.8 Å². The molecule has 2 saturated heterocycles. The Hall–Kier alpha value is -2.45. The van der Waals surface area contributed by atoms with E-state index in [1.807, 2.05) is 0 Å². The van der Waals surface area contributed by atoms with Gasteiger partial charge in [-0.15, -0.1) is 11.3 Å². The van der Waals surface area contributed by atoms with Crippen LogP contribution in [0.5, 0.6) is 0 Å². The van der Waals surface area contributed by atoms with Crippen LogP contribution in [0.25, 0.3) is 10.6 Å². The number of thiophene rings is 1. The lowest BCUT2D eigenvalue weighted by molar-refractivity contribution is -0.143. The number of nitrogens with zero attached hydrogens (tertiary/aromatic N) is 4. The topological polar surface area (TPSA) is 105 Å². The number of sulfonamides is 1. The second kappa shape index (κ2) is 9.30. The standard InChI is InChI=1S/C20H24F3N5O4S2/c1-26-16(20(21,22)23)11-14(24-26)15-6-7-18(33-15)34(31,32)25-13-5-4-10-28(19(13)30)12-17(29)27-8-2-3-9-27/h6-7,11,13,25H,2-5,8-10,12H2,1H3. The summed E-state index contributed by atoms with van der Waals surface area (Å²) in [5.41, 5.74) is -0.948. The van der Waals surface area contributed by atoms with E-state index in [2.05, 4.69) is 9.82 Å². The number of aromatic nitrogens is 2. The van der Waals surface area contributed by atoms with Gasteiger partial charge in [0, 0.05) is 26.7 Å². The van der Waals surface area contributed by atoms with Gasteiger partial charge in [-0.05, 0) is 43.9 Å². The zero-order chi connectivity index (χ0) is 24.7. The van der Waals surface area contributed by atoms with Crippen molar-refractivity contribution in [2.75, 3.05) is 26.2 Å². The number of halogens is 3. The minimum atomic E-state index is -4.59. The van der Waals surface area contributed by atoms with E-state index in [9.17, 15) is 31.2 Å². The van der Waals surface area contributed by atoms with Crippen LogP contribution in [-0.4, -0.2) is 72.0 Å². The lowest BCUT2D eigenvalue weighted by atomic mass is 10.1. The highest BCUT2D eigenvalue weighted by molar-refractivity contribution is 7.91. The SMILES string of the molecule is Cn1nc(-c2ccc(S(=O)(=O)NC3CCCN(CC(=O)N4CCCC4)C3=O)s2)cc1C(F)(F)F. The molecule has 2 aliphatic rings. The smallest absolute Gasteiger partial charge is 0.341 e. The Bertz CT molecular complexity index is 1190. The van der Waals surface area contributed by atoms with Crippen molar-refractivity contribution in [2.24, 2.45) is 7.05 Å². The Kier molecular flexibility index (Phi) is 6.75. The molecule has 1 N–H and O–H groups in total. The summed E-state index contributed by atoms with van der Waals surface area (Å²) in [6.45, 7) is 1.62. The van der Waals surface area contributed by atoms with Crippen LogP contribution in [0.15, 0.2) is 22.4 Å². The van der Waals surface area contributed by atoms with Gasteiger partial charge in [-0.25, -0.2) is 8.42 Å². The summed E-state index contributed by atoms with van der Waals surface area (Å²) in [6.07, 6.45) is -1.89. The largest absolute Gasteiger partial charge is 0.433 e. The molecule has 1 atom stereocenters. The zero-order valence-electron chi connectivity index (χ0n) is 18.3. The van der Waals surface area contributed by atoms with Crippen LogP contribution in [0.1, 0.15) is 31.4 Å². The van der Waals surface area contributed by atoms with Gasteiger partial charge in [-0.2, -0.15) is 23.0 Å². The first kappa shape index (κ1) is 24.7. The van der Waals surface area contributed by atoms with E-state index in [4.69, 9.17) is 0 Å². The van der Waals surface area contributed by atoms with E-state index in [-0.39, 0.29) is 27.2 Å². The third kappa shape index (κ3) is 5.13. The van der Waals surface area contributed by atoms with Crippen LogP contribution < -0.4 is 4.72 Å². The van der Waals surface area contributed by atoms with Crippen LogP contribution in [0.2, 0.25) is 0 Å². The maximum absolute atomic E-state index is 13.0. The van der Waals surface area contributed by atoms with Crippen LogP contribution in [0.4, 0.5) is 13.2 Å². The van der Waals surface area contributed by atoms with E-state index in [0.717, 1.165) is 37.3 Å². The minimum Gasteiger partial charge on any atom is -0.341 e. The Morgan fingerprint density at radius 3 is 2.56 bits per heavy atom. The summed E-state index contributed by atoms with van der Waals surface area (Å²) in [5.74, 6) is -0.607. The van der Waals surface area contributed by atoms with Gasteiger partial charge in [0.1, 0.15) is 21.6 Å². The monoisotopic (exact) mass is 519 g/mol. The number of aryl methyl sites for hydroxylation is 1. The average Bonchev–Trinajstić information content (AvgIpc) is 3.50. The molecule has 2 aromatic heterocycles. The molecule has 0 radical (unpaired) electrons. The van der Waals surface area contributed by atoms with Crippen molar-refractivity contribution < 1.29 is 31.2 Å². The van der Waals surface area contributed by atoms with Gasteiger partial charge >= 0.3 is 6.18 Å². The molecule has 34 heavy (non-hydrogen) atoms. The van der Waals surface area contributed by atoms with Crippen LogP contribution in [0.3, 0.4) is 0 Å². The summed E-state index contributed by atoms with van der Waals surface area (Å²) in [4.78, 5) is 28.6. The second-order valence-electron chi connectivity index (χ2n) is 8.32. The highest BCUT2D eigenvalue weighted by Gasteiger charge is 2.36. The average molecular weight is 520 g/mol. The fourth-order valence-corrected chi connectivity index (χ4v) is 6.64. The van der Waals surface area contributed by atoms with Crippen LogP contribution in [-0.2, 0) is 32.8 Å². The van der Waals surface area contributed by atoms with Gasteiger partial charge < -0.3 is 9.80 Å². The molecule has 0 aromatic carbocycles. The van der Waals surface area contributed by atoms with E-state index in [1.165, 1.54) is 17.0 Å². The number of amides is 2. The van der Waals surface area contributed by atoms with Gasteiger partial charge in [0.25, 0.3) is 10.0 Å². The first-order chi connectivity index (χ1) is 16.0. The predicted molar refractivity (Wildman–Crippen MR) is 117 cm³/mol. The number of carbonyl (C=O) groups is 2. The van der Waals surface area contributed by atoms with Gasteiger partial charge in [-0.1, -0.05) is 0 Å². The molecule has 4 heterocycles. The molecule has 2 fully saturated rings. The van der Waals surface area contributed by atoms with Gasteiger partial charge in [0.15, 0.2) is 0 Å². The van der Waals surface area contributed by atoms with E-state index in [1.54, 1.807) is 4.90 Å². The van der Waals surface area contributed by atoms with Crippen molar-refractivity contribution in [3.8, 4) is 10.6 Å². The first-order valence-corrected chi connectivity index (χ1v) is 13.1. The van der Waals surface area contributed by atoms with Crippen LogP contribution >= 0.6 is 11.3 Å².